The first-order valence-electron chi connectivity index (χ1n) is 8.88. The molecule has 0 bridgehead atoms. The van der Waals surface area contributed by atoms with E-state index in [1.165, 1.54) is 35.1 Å². The molecule has 0 fully saturated rings. The second kappa shape index (κ2) is 9.54. The Kier molecular flexibility index (Phi) is 6.62. The first kappa shape index (κ1) is 20.1. The molecule has 2 aromatic carbocycles. The quantitative estimate of drug-likeness (QED) is 0.608. The summed E-state index contributed by atoms with van der Waals surface area (Å²) >= 11 is 0. The van der Waals surface area contributed by atoms with Gasteiger partial charge in [0, 0.05) is 6.54 Å². The summed E-state index contributed by atoms with van der Waals surface area (Å²) in [6.07, 6.45) is 1.34. The Morgan fingerprint density at radius 2 is 1.79 bits per heavy atom. The third-order valence-electron chi connectivity index (χ3n) is 4.13. The molecule has 1 unspecified atom stereocenters. The smallest absolute Gasteiger partial charge is 0.273 e. The molecule has 0 saturated carbocycles. The number of alkyl halides is 1. The Morgan fingerprint density at radius 3 is 2.48 bits per heavy atom. The average Bonchev–Trinajstić information content (AvgIpc) is 3.20. The normalized spacial score (nSPS) is 11.7. The lowest BCUT2D eigenvalue weighted by atomic mass is 10.1. The zero-order valence-electron chi connectivity index (χ0n) is 15.4. The van der Waals surface area contributed by atoms with Gasteiger partial charge in [-0.1, -0.05) is 47.7 Å². The van der Waals surface area contributed by atoms with Crippen LogP contribution in [-0.4, -0.2) is 33.5 Å². The van der Waals surface area contributed by atoms with Crippen molar-refractivity contribution in [2.75, 3.05) is 6.67 Å². The molecule has 29 heavy (non-hydrogen) atoms. The Morgan fingerprint density at radius 1 is 1.07 bits per heavy atom. The highest BCUT2D eigenvalue weighted by molar-refractivity contribution is 5.91. The number of benzene rings is 2. The van der Waals surface area contributed by atoms with Crippen molar-refractivity contribution in [3.05, 3.63) is 83.4 Å². The van der Waals surface area contributed by atoms with Crippen LogP contribution in [0.4, 0.5) is 8.78 Å². The summed E-state index contributed by atoms with van der Waals surface area (Å²) in [5, 5.41) is 12.7. The summed E-state index contributed by atoms with van der Waals surface area (Å²) in [5.41, 5.74) is 1.45. The number of hydrogen-bond acceptors (Lipinski definition) is 4. The van der Waals surface area contributed by atoms with Gasteiger partial charge in [0.1, 0.15) is 19.0 Å². The number of rotatable bonds is 8. The summed E-state index contributed by atoms with van der Waals surface area (Å²) in [6.45, 7) is -0.749. The number of carbonyl (C=O) groups is 2. The highest BCUT2D eigenvalue weighted by atomic mass is 19.1. The highest BCUT2D eigenvalue weighted by Gasteiger charge is 2.17. The van der Waals surface area contributed by atoms with E-state index >= 15 is 0 Å². The van der Waals surface area contributed by atoms with E-state index < -0.39 is 30.3 Å². The minimum Gasteiger partial charge on any atom is -0.347 e. The molecule has 1 atom stereocenters. The molecular weight excluding hydrogens is 380 g/mol. The van der Waals surface area contributed by atoms with Gasteiger partial charge in [-0.3, -0.25) is 9.59 Å². The van der Waals surface area contributed by atoms with E-state index in [4.69, 9.17) is 0 Å². The van der Waals surface area contributed by atoms with Crippen LogP contribution in [0.25, 0.3) is 0 Å². The Hall–Kier alpha value is -3.62. The van der Waals surface area contributed by atoms with Crippen molar-refractivity contribution in [2.24, 2.45) is 0 Å². The van der Waals surface area contributed by atoms with E-state index in [9.17, 15) is 18.4 Å². The number of nitrogens with one attached hydrogen (secondary N) is 2. The first-order valence-corrected chi connectivity index (χ1v) is 8.88. The van der Waals surface area contributed by atoms with Crippen molar-refractivity contribution in [3.8, 4) is 0 Å². The van der Waals surface area contributed by atoms with Crippen LogP contribution in [0.3, 0.4) is 0 Å². The Labute approximate surface area is 165 Å². The van der Waals surface area contributed by atoms with Crippen molar-refractivity contribution in [1.82, 2.24) is 25.6 Å². The highest BCUT2D eigenvalue weighted by Crippen LogP contribution is 2.14. The van der Waals surface area contributed by atoms with Crippen LogP contribution < -0.4 is 10.6 Å². The minimum absolute atomic E-state index is 0.0642. The predicted octanol–water partition coefficient (Wildman–Crippen LogP) is 2.17. The maximum atomic E-state index is 13.3. The van der Waals surface area contributed by atoms with Gasteiger partial charge in [0.25, 0.3) is 5.91 Å². The summed E-state index contributed by atoms with van der Waals surface area (Å²) < 4.78 is 27.5. The Balaban J connectivity index is 1.53. The molecule has 7 nitrogen and oxygen atoms in total. The van der Waals surface area contributed by atoms with Gasteiger partial charge in [0.2, 0.25) is 5.91 Å². The second-order valence-electron chi connectivity index (χ2n) is 6.30. The summed E-state index contributed by atoms with van der Waals surface area (Å²) in [6, 6.07) is 13.7. The zero-order chi connectivity index (χ0) is 20.6. The van der Waals surface area contributed by atoms with Crippen LogP contribution in [0, 0.1) is 5.82 Å². The lowest BCUT2D eigenvalue weighted by Gasteiger charge is -2.15. The van der Waals surface area contributed by atoms with Crippen molar-refractivity contribution < 1.29 is 18.4 Å². The van der Waals surface area contributed by atoms with Gasteiger partial charge in [0.15, 0.2) is 5.69 Å². The van der Waals surface area contributed by atoms with E-state index in [0.717, 1.165) is 5.56 Å². The molecular formula is C20H19F2N5O2. The molecule has 0 saturated heterocycles. The molecule has 150 valence electrons. The predicted molar refractivity (Wildman–Crippen MR) is 101 cm³/mol. The van der Waals surface area contributed by atoms with Crippen LogP contribution in [-0.2, 0) is 17.9 Å². The van der Waals surface area contributed by atoms with E-state index in [1.54, 1.807) is 0 Å². The molecule has 1 aromatic heterocycles. The molecule has 2 amide bonds. The van der Waals surface area contributed by atoms with Gasteiger partial charge in [-0.05, 0) is 23.3 Å². The van der Waals surface area contributed by atoms with Crippen molar-refractivity contribution in [2.45, 2.75) is 19.1 Å². The average molecular weight is 399 g/mol. The molecule has 2 N–H and O–H groups in total. The van der Waals surface area contributed by atoms with Gasteiger partial charge >= 0.3 is 0 Å². The molecule has 0 radical (unpaired) electrons. The van der Waals surface area contributed by atoms with Crippen molar-refractivity contribution in [1.29, 1.82) is 0 Å². The fourth-order valence-corrected chi connectivity index (χ4v) is 2.64. The molecule has 0 aliphatic carbocycles. The molecule has 0 aliphatic rings. The minimum atomic E-state index is -0.903. The van der Waals surface area contributed by atoms with Gasteiger partial charge in [-0.25, -0.2) is 13.5 Å². The van der Waals surface area contributed by atoms with Gasteiger partial charge in [-0.15, -0.1) is 5.10 Å². The Bertz CT molecular complexity index is 961. The van der Waals surface area contributed by atoms with Crippen LogP contribution in [0.1, 0.15) is 27.7 Å². The number of halogens is 2. The summed E-state index contributed by atoms with van der Waals surface area (Å²) in [7, 11) is 0. The lowest BCUT2D eigenvalue weighted by Crippen LogP contribution is -2.32. The van der Waals surface area contributed by atoms with E-state index in [1.807, 2.05) is 30.3 Å². The second-order valence-corrected chi connectivity index (χ2v) is 6.30. The van der Waals surface area contributed by atoms with Crippen LogP contribution in [0.5, 0.6) is 0 Å². The van der Waals surface area contributed by atoms with Crippen LogP contribution in [0.2, 0.25) is 0 Å². The van der Waals surface area contributed by atoms with E-state index in [2.05, 4.69) is 20.9 Å². The lowest BCUT2D eigenvalue weighted by molar-refractivity contribution is -0.122. The number of amides is 2. The molecule has 9 heteroatoms. The fraction of sp³-hybridized carbons (Fsp3) is 0.200. The molecule has 1 heterocycles. The summed E-state index contributed by atoms with van der Waals surface area (Å²) in [5.74, 6) is -1.38. The number of nitrogens with zero attached hydrogens (tertiary/aromatic N) is 3. The number of hydrogen-bond donors (Lipinski definition) is 2. The monoisotopic (exact) mass is 399 g/mol. The maximum Gasteiger partial charge on any atom is 0.273 e. The fourth-order valence-electron chi connectivity index (χ4n) is 2.64. The molecule has 3 rings (SSSR count). The number of aromatic nitrogens is 3. The maximum absolute atomic E-state index is 13.3. The largest absolute Gasteiger partial charge is 0.347 e. The van der Waals surface area contributed by atoms with Crippen molar-refractivity contribution >= 4 is 11.8 Å². The molecule has 0 aliphatic heterocycles. The third-order valence-corrected chi connectivity index (χ3v) is 4.13. The van der Waals surface area contributed by atoms with Gasteiger partial charge < -0.3 is 10.6 Å². The standard InChI is InChI=1S/C20H19F2N5O2/c21-10-17(15-6-8-16(22)9-7-15)24-19(28)13-27-12-18(25-26-27)20(29)23-11-14-4-2-1-3-5-14/h1-9,12,17H,10-11,13H2,(H,23,29)(H,24,28). The molecule has 0 spiro atoms. The van der Waals surface area contributed by atoms with Gasteiger partial charge in [0.05, 0.1) is 12.2 Å². The zero-order valence-corrected chi connectivity index (χ0v) is 15.4. The SMILES string of the molecule is O=C(Cn1cc(C(=O)NCc2ccccc2)nn1)NC(CF)c1ccc(F)cc1. The molecule has 3 aromatic rings. The topological polar surface area (TPSA) is 88.9 Å². The van der Waals surface area contributed by atoms with E-state index in [-0.39, 0.29) is 12.2 Å². The van der Waals surface area contributed by atoms with Crippen molar-refractivity contribution in [3.63, 3.8) is 0 Å². The van der Waals surface area contributed by atoms with Crippen LogP contribution in [0.15, 0.2) is 60.8 Å². The number of carbonyl (C=O) groups excluding carboxylic acids is 2. The third kappa shape index (κ3) is 5.68. The summed E-state index contributed by atoms with van der Waals surface area (Å²) in [4.78, 5) is 24.3. The van der Waals surface area contributed by atoms with Crippen LogP contribution >= 0.6 is 0 Å². The first-order chi connectivity index (χ1) is 14.0. The van der Waals surface area contributed by atoms with E-state index in [0.29, 0.717) is 12.1 Å². The van der Waals surface area contributed by atoms with Gasteiger partial charge in [-0.2, -0.15) is 0 Å².